The van der Waals surface area contributed by atoms with E-state index >= 15 is 0 Å². The second kappa shape index (κ2) is 6.12. The largest absolute Gasteiger partial charge is 0.371 e. The first-order valence-electron chi connectivity index (χ1n) is 5.67. The van der Waals surface area contributed by atoms with E-state index in [0.29, 0.717) is 5.56 Å². The maximum Gasteiger partial charge on any atom is 0.124 e. The summed E-state index contributed by atoms with van der Waals surface area (Å²) >= 11 is 0. The van der Waals surface area contributed by atoms with Gasteiger partial charge in [-0.15, -0.1) is 0 Å². The zero-order valence-electron chi connectivity index (χ0n) is 9.83. The third kappa shape index (κ3) is 2.96. The zero-order valence-corrected chi connectivity index (χ0v) is 9.83. The van der Waals surface area contributed by atoms with E-state index in [1.54, 1.807) is 6.07 Å². The second-order valence-electron chi connectivity index (χ2n) is 3.71. The van der Waals surface area contributed by atoms with Gasteiger partial charge in [-0.1, -0.05) is 13.3 Å². The summed E-state index contributed by atoms with van der Waals surface area (Å²) in [7, 11) is 0. The highest BCUT2D eigenvalue weighted by atomic mass is 19.1. The molecule has 0 bridgehead atoms. The second-order valence-corrected chi connectivity index (χ2v) is 3.71. The zero-order chi connectivity index (χ0) is 12.0. The number of rotatable bonds is 5. The third-order valence-corrected chi connectivity index (χ3v) is 2.58. The van der Waals surface area contributed by atoms with E-state index in [1.165, 1.54) is 12.1 Å². The number of unbranched alkanes of at least 4 members (excludes halogenated alkanes) is 1. The van der Waals surface area contributed by atoms with Crippen molar-refractivity contribution in [2.24, 2.45) is 0 Å². The molecule has 1 aromatic carbocycles. The fourth-order valence-electron chi connectivity index (χ4n) is 1.67. The average molecular weight is 220 g/mol. The lowest BCUT2D eigenvalue weighted by Gasteiger charge is -2.23. The van der Waals surface area contributed by atoms with Crippen molar-refractivity contribution < 1.29 is 4.39 Å². The van der Waals surface area contributed by atoms with Crippen LogP contribution in [0.1, 0.15) is 32.3 Å². The van der Waals surface area contributed by atoms with Gasteiger partial charge in [-0.2, -0.15) is 5.26 Å². The normalized spacial score (nSPS) is 9.88. The van der Waals surface area contributed by atoms with Gasteiger partial charge in [0.1, 0.15) is 11.9 Å². The summed E-state index contributed by atoms with van der Waals surface area (Å²) < 4.78 is 13.0. The van der Waals surface area contributed by atoms with Crippen LogP contribution in [0.15, 0.2) is 18.2 Å². The maximum absolute atomic E-state index is 13.0. The van der Waals surface area contributed by atoms with Gasteiger partial charge < -0.3 is 4.90 Å². The summed E-state index contributed by atoms with van der Waals surface area (Å²) in [5.41, 5.74) is 1.25. The molecule has 0 saturated heterocycles. The Bertz CT molecular complexity index is 382. The van der Waals surface area contributed by atoms with Crippen LogP contribution in [-0.2, 0) is 0 Å². The Morgan fingerprint density at radius 1 is 1.38 bits per heavy atom. The molecule has 0 radical (unpaired) electrons. The van der Waals surface area contributed by atoms with Gasteiger partial charge in [-0.3, -0.25) is 0 Å². The lowest BCUT2D eigenvalue weighted by molar-refractivity contribution is 0.626. The van der Waals surface area contributed by atoms with Crippen LogP contribution in [0, 0.1) is 17.1 Å². The number of benzene rings is 1. The van der Waals surface area contributed by atoms with Crippen LogP contribution in [0.25, 0.3) is 0 Å². The van der Waals surface area contributed by atoms with E-state index in [1.807, 2.05) is 13.0 Å². The Morgan fingerprint density at radius 3 is 2.69 bits per heavy atom. The SMILES string of the molecule is CCCCN(CC)c1ccc(F)cc1C#N. The number of anilines is 1. The van der Waals surface area contributed by atoms with Crippen LogP contribution in [-0.4, -0.2) is 13.1 Å². The maximum atomic E-state index is 13.0. The Kier molecular flexibility index (Phi) is 4.78. The minimum absolute atomic E-state index is 0.355. The molecule has 0 heterocycles. The Morgan fingerprint density at radius 2 is 2.12 bits per heavy atom. The number of hydrogen-bond acceptors (Lipinski definition) is 2. The lowest BCUT2D eigenvalue weighted by atomic mass is 10.1. The van der Waals surface area contributed by atoms with E-state index in [-0.39, 0.29) is 5.82 Å². The molecule has 0 fully saturated rings. The van der Waals surface area contributed by atoms with E-state index in [2.05, 4.69) is 11.8 Å². The molecule has 0 amide bonds. The average Bonchev–Trinajstić information content (AvgIpc) is 2.31. The highest BCUT2D eigenvalue weighted by molar-refractivity contribution is 5.59. The third-order valence-electron chi connectivity index (χ3n) is 2.58. The monoisotopic (exact) mass is 220 g/mol. The van der Waals surface area contributed by atoms with Crippen molar-refractivity contribution in [2.75, 3.05) is 18.0 Å². The number of nitriles is 1. The van der Waals surface area contributed by atoms with Crippen molar-refractivity contribution in [3.05, 3.63) is 29.6 Å². The molecular formula is C13H17FN2. The van der Waals surface area contributed by atoms with E-state index in [0.717, 1.165) is 31.6 Å². The molecule has 1 rings (SSSR count). The fraction of sp³-hybridized carbons (Fsp3) is 0.462. The van der Waals surface area contributed by atoms with Crippen LogP contribution in [0.4, 0.5) is 10.1 Å². The van der Waals surface area contributed by atoms with Crippen molar-refractivity contribution >= 4 is 5.69 Å². The van der Waals surface area contributed by atoms with Crippen LogP contribution >= 0.6 is 0 Å². The van der Waals surface area contributed by atoms with Gasteiger partial charge in [0.05, 0.1) is 11.3 Å². The summed E-state index contributed by atoms with van der Waals surface area (Å²) in [5.74, 6) is -0.355. The van der Waals surface area contributed by atoms with Gasteiger partial charge in [0.25, 0.3) is 0 Å². The number of nitrogens with zero attached hydrogens (tertiary/aromatic N) is 2. The summed E-state index contributed by atoms with van der Waals surface area (Å²) in [4.78, 5) is 2.11. The predicted molar refractivity (Wildman–Crippen MR) is 63.9 cm³/mol. The molecular weight excluding hydrogens is 203 g/mol. The Hall–Kier alpha value is -1.56. The number of hydrogen-bond donors (Lipinski definition) is 0. The molecule has 86 valence electrons. The van der Waals surface area contributed by atoms with Crippen LogP contribution in [0.2, 0.25) is 0 Å². The topological polar surface area (TPSA) is 27.0 Å². The fourth-order valence-corrected chi connectivity index (χ4v) is 1.67. The Balaban J connectivity index is 2.96. The lowest BCUT2D eigenvalue weighted by Crippen LogP contribution is -2.24. The summed E-state index contributed by atoms with van der Waals surface area (Å²) in [6.07, 6.45) is 2.19. The molecule has 2 nitrogen and oxygen atoms in total. The molecule has 0 aliphatic carbocycles. The first-order valence-corrected chi connectivity index (χ1v) is 5.67. The molecule has 0 N–H and O–H groups in total. The molecule has 16 heavy (non-hydrogen) atoms. The molecule has 0 spiro atoms. The van der Waals surface area contributed by atoms with E-state index in [9.17, 15) is 4.39 Å². The molecule has 0 unspecified atom stereocenters. The molecule has 0 aliphatic rings. The minimum atomic E-state index is -0.355. The van der Waals surface area contributed by atoms with Gasteiger partial charge in [-0.25, -0.2) is 4.39 Å². The predicted octanol–water partition coefficient (Wildman–Crippen LogP) is 3.32. The van der Waals surface area contributed by atoms with Crippen molar-refractivity contribution in [3.63, 3.8) is 0 Å². The van der Waals surface area contributed by atoms with Gasteiger partial charge >= 0.3 is 0 Å². The first kappa shape index (κ1) is 12.5. The molecule has 0 atom stereocenters. The molecule has 0 aliphatic heterocycles. The van der Waals surface area contributed by atoms with E-state index < -0.39 is 0 Å². The summed E-state index contributed by atoms with van der Waals surface area (Å²) in [5, 5.41) is 8.97. The Labute approximate surface area is 96.3 Å². The molecule has 0 saturated carbocycles. The van der Waals surface area contributed by atoms with Gasteiger partial charge in [-0.05, 0) is 31.5 Å². The van der Waals surface area contributed by atoms with Crippen molar-refractivity contribution in [1.82, 2.24) is 0 Å². The smallest absolute Gasteiger partial charge is 0.124 e. The standard InChI is InChI=1S/C13H17FN2/c1-3-5-8-16(4-2)13-7-6-12(14)9-11(13)10-15/h6-7,9H,3-5,8H2,1-2H3. The van der Waals surface area contributed by atoms with E-state index in [4.69, 9.17) is 5.26 Å². The highest BCUT2D eigenvalue weighted by Gasteiger charge is 2.09. The molecule has 3 heteroatoms. The minimum Gasteiger partial charge on any atom is -0.371 e. The van der Waals surface area contributed by atoms with Gasteiger partial charge in [0.15, 0.2) is 0 Å². The van der Waals surface area contributed by atoms with Crippen molar-refractivity contribution in [3.8, 4) is 6.07 Å². The van der Waals surface area contributed by atoms with Gasteiger partial charge in [0, 0.05) is 13.1 Å². The van der Waals surface area contributed by atoms with Crippen molar-refractivity contribution in [1.29, 1.82) is 5.26 Å². The molecule has 0 aromatic heterocycles. The van der Waals surface area contributed by atoms with Crippen molar-refractivity contribution in [2.45, 2.75) is 26.7 Å². The summed E-state index contributed by atoms with van der Waals surface area (Å²) in [6, 6.07) is 6.44. The highest BCUT2D eigenvalue weighted by Crippen LogP contribution is 2.21. The molecule has 1 aromatic rings. The van der Waals surface area contributed by atoms with Crippen LogP contribution < -0.4 is 4.90 Å². The quantitative estimate of drug-likeness (QED) is 0.761. The number of halogens is 1. The van der Waals surface area contributed by atoms with Crippen LogP contribution in [0.3, 0.4) is 0 Å². The first-order chi connectivity index (χ1) is 7.72. The summed E-state index contributed by atoms with van der Waals surface area (Å²) in [6.45, 7) is 5.91. The van der Waals surface area contributed by atoms with Gasteiger partial charge in [0.2, 0.25) is 0 Å². The van der Waals surface area contributed by atoms with Crippen LogP contribution in [0.5, 0.6) is 0 Å².